The average Bonchev–Trinajstić information content (AvgIpc) is 3.25. The molecule has 0 radical (unpaired) electrons. The van der Waals surface area contributed by atoms with E-state index >= 15 is 0 Å². The largest absolute Gasteiger partial charge is 0.496 e. The molecule has 3 aromatic rings. The third-order valence-electron chi connectivity index (χ3n) is 3.89. The molecule has 24 heavy (non-hydrogen) atoms. The van der Waals surface area contributed by atoms with Gasteiger partial charge in [0, 0.05) is 29.6 Å². The number of aromatic nitrogens is 1. The lowest BCUT2D eigenvalue weighted by Crippen LogP contribution is -2.34. The molecule has 0 fully saturated rings. The maximum atomic E-state index is 12.7. The van der Waals surface area contributed by atoms with E-state index < -0.39 is 0 Å². The number of H-pyrrole nitrogens is 1. The van der Waals surface area contributed by atoms with Gasteiger partial charge in [-0.15, -0.1) is 0 Å². The summed E-state index contributed by atoms with van der Waals surface area (Å²) in [5.41, 5.74) is 3.60. The molecule has 1 atom stereocenters. The van der Waals surface area contributed by atoms with Gasteiger partial charge in [-0.25, -0.2) is 0 Å². The van der Waals surface area contributed by atoms with Crippen LogP contribution < -0.4 is 10.1 Å². The van der Waals surface area contributed by atoms with Crippen molar-refractivity contribution in [3.63, 3.8) is 0 Å². The summed E-state index contributed by atoms with van der Waals surface area (Å²) in [4.78, 5) is 15.7. The zero-order chi connectivity index (χ0) is 16.9. The number of hydrogen-bond acceptors (Lipinski definition) is 3. The van der Waals surface area contributed by atoms with E-state index in [1.807, 2.05) is 37.4 Å². The quantitative estimate of drug-likeness (QED) is 0.709. The highest BCUT2D eigenvalue weighted by atomic mass is 32.1. The maximum absolute atomic E-state index is 12.7. The number of thiophene rings is 1. The summed E-state index contributed by atoms with van der Waals surface area (Å²) in [6, 6.07) is 9.84. The van der Waals surface area contributed by atoms with Gasteiger partial charge in [0.2, 0.25) is 0 Å². The number of nitrogens with one attached hydrogen (secondary N) is 2. The highest BCUT2D eigenvalue weighted by Crippen LogP contribution is 2.32. The van der Waals surface area contributed by atoms with E-state index in [0.29, 0.717) is 5.56 Å². The molecule has 1 amide bonds. The monoisotopic (exact) mass is 340 g/mol. The van der Waals surface area contributed by atoms with Gasteiger partial charge in [0.1, 0.15) is 5.75 Å². The zero-order valence-corrected chi connectivity index (χ0v) is 14.5. The van der Waals surface area contributed by atoms with Crippen molar-refractivity contribution in [2.24, 2.45) is 0 Å². The third-order valence-corrected chi connectivity index (χ3v) is 4.62. The predicted octanol–water partition coefficient (Wildman–Crippen LogP) is 4.11. The molecule has 4 nitrogen and oxygen atoms in total. The zero-order valence-electron chi connectivity index (χ0n) is 13.7. The number of benzene rings is 1. The van der Waals surface area contributed by atoms with Gasteiger partial charge in [-0.05, 0) is 41.8 Å². The van der Waals surface area contributed by atoms with Gasteiger partial charge < -0.3 is 15.0 Å². The molecule has 0 saturated heterocycles. The molecule has 2 N–H and O–H groups in total. The smallest absolute Gasteiger partial charge is 0.253 e. The minimum atomic E-state index is -0.0834. The molecule has 0 bridgehead atoms. The molecule has 0 aliphatic heterocycles. The van der Waals surface area contributed by atoms with Crippen molar-refractivity contribution in [1.82, 2.24) is 10.3 Å². The fourth-order valence-electron chi connectivity index (χ4n) is 2.76. The van der Waals surface area contributed by atoms with Gasteiger partial charge in [-0.3, -0.25) is 4.79 Å². The Kier molecular flexibility index (Phi) is 5.01. The van der Waals surface area contributed by atoms with Crippen LogP contribution in [-0.4, -0.2) is 24.0 Å². The van der Waals surface area contributed by atoms with Crippen LogP contribution in [0.1, 0.15) is 22.8 Å². The summed E-state index contributed by atoms with van der Waals surface area (Å²) in [5, 5.41) is 7.23. The molecule has 0 aliphatic rings. The van der Waals surface area contributed by atoms with Gasteiger partial charge in [-0.1, -0.05) is 18.2 Å². The standard InChI is InChI=1S/C19H20N2O2S/c1-13(9-14-7-8-24-12-14)21-19(22)17-11-20-10-16(17)15-5-3-4-6-18(15)23-2/h3-8,10-13,20H,9H2,1-2H3,(H,21,22)/t13-/m1/s1. The normalized spacial score (nSPS) is 11.9. The topological polar surface area (TPSA) is 54.1 Å². The predicted molar refractivity (Wildman–Crippen MR) is 97.7 cm³/mol. The summed E-state index contributed by atoms with van der Waals surface area (Å²) < 4.78 is 5.41. The Hall–Kier alpha value is -2.53. The molecule has 3 rings (SSSR count). The molecule has 2 heterocycles. The number of carbonyl (C=O) groups excluding carboxylic acids is 1. The molecule has 0 spiro atoms. The van der Waals surface area contributed by atoms with Crippen LogP contribution in [0.2, 0.25) is 0 Å². The Bertz CT molecular complexity index is 808. The molecular formula is C19H20N2O2S. The van der Waals surface area contributed by atoms with Crippen molar-refractivity contribution >= 4 is 17.2 Å². The van der Waals surface area contributed by atoms with E-state index in [1.165, 1.54) is 5.56 Å². The Morgan fingerprint density at radius 2 is 2.08 bits per heavy atom. The first-order valence-corrected chi connectivity index (χ1v) is 8.75. The molecule has 5 heteroatoms. The molecular weight excluding hydrogens is 320 g/mol. The minimum absolute atomic E-state index is 0.0625. The lowest BCUT2D eigenvalue weighted by Gasteiger charge is -2.14. The maximum Gasteiger partial charge on any atom is 0.253 e. The fraction of sp³-hybridized carbons (Fsp3) is 0.211. The number of carbonyl (C=O) groups is 1. The lowest BCUT2D eigenvalue weighted by molar-refractivity contribution is 0.0941. The molecule has 2 aromatic heterocycles. The second-order valence-electron chi connectivity index (χ2n) is 5.69. The van der Waals surface area contributed by atoms with Crippen LogP contribution in [0.25, 0.3) is 11.1 Å². The summed E-state index contributed by atoms with van der Waals surface area (Å²) in [7, 11) is 1.63. The van der Waals surface area contributed by atoms with Crippen LogP contribution in [0.4, 0.5) is 0 Å². The van der Waals surface area contributed by atoms with Crippen molar-refractivity contribution in [3.8, 4) is 16.9 Å². The average molecular weight is 340 g/mol. The van der Waals surface area contributed by atoms with Crippen LogP contribution in [0.15, 0.2) is 53.5 Å². The van der Waals surface area contributed by atoms with Crippen LogP contribution in [0.5, 0.6) is 5.75 Å². The van der Waals surface area contributed by atoms with Crippen LogP contribution in [-0.2, 0) is 6.42 Å². The summed E-state index contributed by atoms with van der Waals surface area (Å²) >= 11 is 1.67. The minimum Gasteiger partial charge on any atom is -0.496 e. The Labute approximate surface area is 145 Å². The second kappa shape index (κ2) is 7.36. The van der Waals surface area contributed by atoms with Crippen molar-refractivity contribution in [1.29, 1.82) is 0 Å². The number of amides is 1. The van der Waals surface area contributed by atoms with E-state index in [9.17, 15) is 4.79 Å². The van der Waals surface area contributed by atoms with Gasteiger partial charge in [-0.2, -0.15) is 11.3 Å². The Balaban J connectivity index is 1.78. The fourth-order valence-corrected chi connectivity index (χ4v) is 3.44. The second-order valence-corrected chi connectivity index (χ2v) is 6.47. The van der Waals surface area contributed by atoms with E-state index in [0.717, 1.165) is 23.3 Å². The highest BCUT2D eigenvalue weighted by Gasteiger charge is 2.18. The Morgan fingerprint density at radius 1 is 1.25 bits per heavy atom. The van der Waals surface area contributed by atoms with E-state index in [2.05, 4.69) is 27.1 Å². The summed E-state index contributed by atoms with van der Waals surface area (Å²) in [6.45, 7) is 2.02. The van der Waals surface area contributed by atoms with Crippen molar-refractivity contribution < 1.29 is 9.53 Å². The van der Waals surface area contributed by atoms with Crippen LogP contribution in [0, 0.1) is 0 Å². The first kappa shape index (κ1) is 16.3. The van der Waals surface area contributed by atoms with Crippen molar-refractivity contribution in [2.75, 3.05) is 7.11 Å². The lowest BCUT2D eigenvalue weighted by atomic mass is 10.0. The van der Waals surface area contributed by atoms with Gasteiger partial charge in [0.15, 0.2) is 0 Å². The number of para-hydroxylation sites is 1. The third kappa shape index (κ3) is 3.51. The first-order valence-electron chi connectivity index (χ1n) is 7.81. The van der Waals surface area contributed by atoms with Crippen molar-refractivity contribution in [2.45, 2.75) is 19.4 Å². The van der Waals surface area contributed by atoms with E-state index in [-0.39, 0.29) is 11.9 Å². The van der Waals surface area contributed by atoms with Crippen LogP contribution >= 0.6 is 11.3 Å². The highest BCUT2D eigenvalue weighted by molar-refractivity contribution is 7.07. The molecule has 124 valence electrons. The Morgan fingerprint density at radius 3 is 2.83 bits per heavy atom. The molecule has 0 saturated carbocycles. The SMILES string of the molecule is COc1ccccc1-c1c[nH]cc1C(=O)N[C@H](C)Cc1ccsc1. The number of hydrogen-bond donors (Lipinski definition) is 2. The number of rotatable bonds is 6. The van der Waals surface area contributed by atoms with E-state index in [1.54, 1.807) is 24.6 Å². The first-order chi connectivity index (χ1) is 11.7. The number of methoxy groups -OCH3 is 1. The molecule has 0 unspecified atom stereocenters. The summed E-state index contributed by atoms with van der Waals surface area (Å²) in [6.07, 6.45) is 4.38. The summed E-state index contributed by atoms with van der Waals surface area (Å²) in [5.74, 6) is 0.664. The van der Waals surface area contributed by atoms with Crippen LogP contribution in [0.3, 0.4) is 0 Å². The van der Waals surface area contributed by atoms with Gasteiger partial charge in [0.05, 0.1) is 12.7 Å². The molecule has 1 aromatic carbocycles. The number of ether oxygens (including phenoxy) is 1. The number of aromatic amines is 1. The molecule has 0 aliphatic carbocycles. The van der Waals surface area contributed by atoms with E-state index in [4.69, 9.17) is 4.74 Å². The van der Waals surface area contributed by atoms with Gasteiger partial charge >= 0.3 is 0 Å². The van der Waals surface area contributed by atoms with Gasteiger partial charge in [0.25, 0.3) is 5.91 Å². The van der Waals surface area contributed by atoms with Crippen molar-refractivity contribution in [3.05, 3.63) is 64.6 Å².